The molecule has 0 fully saturated rings. The molecule has 1 N–H and O–H groups in total. The van der Waals surface area contributed by atoms with Crippen LogP contribution in [0.5, 0.6) is 5.75 Å². The van der Waals surface area contributed by atoms with Crippen LogP contribution in [0.1, 0.15) is 24.0 Å². The summed E-state index contributed by atoms with van der Waals surface area (Å²) >= 11 is 1.83. The molecule has 0 unspecified atom stereocenters. The number of ether oxygens (including phenoxy) is 1. The first kappa shape index (κ1) is 12.3. The highest BCUT2D eigenvalue weighted by atomic mass is 32.2. The minimum Gasteiger partial charge on any atom is -0.493 e. The van der Waals surface area contributed by atoms with Crippen molar-refractivity contribution >= 4 is 17.5 Å². The Morgan fingerprint density at radius 3 is 3.06 bits per heavy atom. The second kappa shape index (κ2) is 5.96. The highest BCUT2D eigenvalue weighted by Gasteiger charge is 2.21. The van der Waals surface area contributed by atoms with Crippen molar-refractivity contribution in [1.82, 2.24) is 0 Å². The molecular formula is C13H17NO2S. The van der Waals surface area contributed by atoms with Gasteiger partial charge in [-0.15, -0.1) is 0 Å². The van der Waals surface area contributed by atoms with Gasteiger partial charge in [0.15, 0.2) is 0 Å². The van der Waals surface area contributed by atoms with Gasteiger partial charge < -0.3 is 9.94 Å². The van der Waals surface area contributed by atoms with E-state index >= 15 is 0 Å². The van der Waals surface area contributed by atoms with Crippen LogP contribution in [0.15, 0.2) is 23.4 Å². The van der Waals surface area contributed by atoms with Gasteiger partial charge in [-0.1, -0.05) is 17.3 Å². The molecule has 4 heteroatoms. The van der Waals surface area contributed by atoms with Crippen molar-refractivity contribution in [1.29, 1.82) is 0 Å². The summed E-state index contributed by atoms with van der Waals surface area (Å²) in [6.45, 7) is 0.753. The number of hydrogen-bond acceptors (Lipinski definition) is 4. The van der Waals surface area contributed by atoms with Crippen LogP contribution in [0.2, 0.25) is 0 Å². The van der Waals surface area contributed by atoms with E-state index in [0.717, 1.165) is 48.6 Å². The van der Waals surface area contributed by atoms with Gasteiger partial charge in [0, 0.05) is 11.1 Å². The molecule has 1 aliphatic rings. The smallest absolute Gasteiger partial charge is 0.123 e. The maximum atomic E-state index is 8.89. The third kappa shape index (κ3) is 2.75. The molecule has 0 spiro atoms. The zero-order valence-electron chi connectivity index (χ0n) is 9.98. The zero-order chi connectivity index (χ0) is 12.1. The Labute approximate surface area is 106 Å². The molecule has 1 aromatic rings. The summed E-state index contributed by atoms with van der Waals surface area (Å²) in [5.74, 6) is 2.07. The first-order chi connectivity index (χ1) is 8.36. The Balaban J connectivity index is 2.07. The van der Waals surface area contributed by atoms with Crippen molar-refractivity contribution in [3.8, 4) is 5.75 Å². The van der Waals surface area contributed by atoms with Gasteiger partial charge in [0.1, 0.15) is 5.75 Å². The molecule has 0 heterocycles. The van der Waals surface area contributed by atoms with Gasteiger partial charge in [-0.2, -0.15) is 11.8 Å². The Morgan fingerprint density at radius 1 is 1.41 bits per heavy atom. The van der Waals surface area contributed by atoms with Crippen LogP contribution in [0.3, 0.4) is 0 Å². The third-order valence-electron chi connectivity index (χ3n) is 2.93. The van der Waals surface area contributed by atoms with E-state index in [2.05, 4.69) is 11.4 Å². The minimum absolute atomic E-state index is 0.753. The lowest BCUT2D eigenvalue weighted by atomic mass is 10.1. The topological polar surface area (TPSA) is 41.8 Å². The highest BCUT2D eigenvalue weighted by molar-refractivity contribution is 7.98. The summed E-state index contributed by atoms with van der Waals surface area (Å²) < 4.78 is 5.79. The van der Waals surface area contributed by atoms with Gasteiger partial charge in [0.2, 0.25) is 0 Å². The van der Waals surface area contributed by atoms with E-state index in [1.165, 1.54) is 5.56 Å². The largest absolute Gasteiger partial charge is 0.493 e. The summed E-state index contributed by atoms with van der Waals surface area (Å²) in [6.07, 6.45) is 4.88. The van der Waals surface area contributed by atoms with E-state index in [1.54, 1.807) is 0 Å². The molecule has 1 aromatic carbocycles. The first-order valence-electron chi connectivity index (χ1n) is 5.81. The fourth-order valence-corrected chi connectivity index (χ4v) is 2.50. The van der Waals surface area contributed by atoms with Crippen LogP contribution in [0.25, 0.3) is 0 Å². The quantitative estimate of drug-likeness (QED) is 0.497. The van der Waals surface area contributed by atoms with E-state index in [4.69, 9.17) is 9.94 Å². The number of rotatable bonds is 5. The Hall–Kier alpha value is -1.16. The Morgan fingerprint density at radius 2 is 2.29 bits per heavy atom. The number of nitrogens with zero attached hydrogens (tertiary/aromatic N) is 1. The van der Waals surface area contributed by atoms with Crippen molar-refractivity contribution in [2.24, 2.45) is 5.16 Å². The average molecular weight is 251 g/mol. The molecule has 0 aliphatic heterocycles. The molecular weight excluding hydrogens is 234 g/mol. The van der Waals surface area contributed by atoms with Gasteiger partial charge >= 0.3 is 0 Å². The van der Waals surface area contributed by atoms with Crippen molar-refractivity contribution in [3.63, 3.8) is 0 Å². The summed E-state index contributed by atoms with van der Waals surface area (Å²) in [7, 11) is 0. The normalized spacial score (nSPS) is 16.2. The van der Waals surface area contributed by atoms with Crippen molar-refractivity contribution in [2.45, 2.75) is 19.3 Å². The summed E-state index contributed by atoms with van der Waals surface area (Å²) in [4.78, 5) is 0. The molecule has 0 saturated carbocycles. The molecule has 1 aliphatic carbocycles. The Kier molecular flexibility index (Phi) is 4.31. The molecule has 0 atom stereocenters. The maximum absolute atomic E-state index is 8.89. The highest BCUT2D eigenvalue weighted by Crippen LogP contribution is 2.30. The van der Waals surface area contributed by atoms with Crippen LogP contribution in [0.4, 0.5) is 0 Å². The predicted molar refractivity (Wildman–Crippen MR) is 71.6 cm³/mol. The van der Waals surface area contributed by atoms with Crippen molar-refractivity contribution < 1.29 is 9.94 Å². The van der Waals surface area contributed by atoms with Gasteiger partial charge in [-0.3, -0.25) is 0 Å². The molecule has 2 rings (SSSR count). The number of thioether (sulfide) groups is 1. The minimum atomic E-state index is 0.753. The number of oxime groups is 1. The van der Waals surface area contributed by atoms with Crippen LogP contribution < -0.4 is 4.74 Å². The molecule has 17 heavy (non-hydrogen) atoms. The van der Waals surface area contributed by atoms with Crippen LogP contribution in [0, 0.1) is 0 Å². The Bertz CT molecular complexity index is 418. The predicted octanol–water partition coefficient (Wildman–Crippen LogP) is 2.94. The fourth-order valence-electron chi connectivity index (χ4n) is 2.10. The molecule has 0 bridgehead atoms. The maximum Gasteiger partial charge on any atom is 0.123 e. The molecule has 0 amide bonds. The average Bonchev–Trinajstić information content (AvgIpc) is 2.78. The van der Waals surface area contributed by atoms with Gasteiger partial charge in [-0.05, 0) is 37.3 Å². The van der Waals surface area contributed by atoms with E-state index in [-0.39, 0.29) is 0 Å². The third-order valence-corrected chi connectivity index (χ3v) is 3.62. The van der Waals surface area contributed by atoms with E-state index in [1.807, 2.05) is 30.0 Å². The fraction of sp³-hybridized carbons (Fsp3) is 0.462. The molecule has 0 saturated heterocycles. The van der Waals surface area contributed by atoms with Gasteiger partial charge in [0.25, 0.3) is 0 Å². The van der Waals surface area contributed by atoms with Gasteiger partial charge in [-0.25, -0.2) is 0 Å². The second-order valence-corrected chi connectivity index (χ2v) is 5.01. The summed E-state index contributed by atoms with van der Waals surface area (Å²) in [5, 5.41) is 12.2. The van der Waals surface area contributed by atoms with Gasteiger partial charge in [0.05, 0.1) is 12.3 Å². The number of benzene rings is 1. The first-order valence-corrected chi connectivity index (χ1v) is 7.21. The van der Waals surface area contributed by atoms with Crippen LogP contribution in [-0.2, 0) is 6.42 Å². The molecule has 0 radical (unpaired) electrons. The molecule has 3 nitrogen and oxygen atoms in total. The summed E-state index contributed by atoms with van der Waals surface area (Å²) in [5.41, 5.74) is 2.99. The number of fused-ring (bicyclic) bond motifs is 1. The summed E-state index contributed by atoms with van der Waals surface area (Å²) in [6, 6.07) is 5.95. The van der Waals surface area contributed by atoms with E-state index in [9.17, 15) is 0 Å². The molecule has 0 aromatic heterocycles. The van der Waals surface area contributed by atoms with Crippen molar-refractivity contribution in [2.75, 3.05) is 18.6 Å². The SMILES string of the molecule is CSCCCOc1cccc2c1CC/C2=N\O. The lowest BCUT2D eigenvalue weighted by molar-refractivity contribution is 0.316. The lowest BCUT2D eigenvalue weighted by Gasteiger charge is -2.10. The van der Waals surface area contributed by atoms with E-state index in [0.29, 0.717) is 0 Å². The number of hydrogen-bond donors (Lipinski definition) is 1. The monoisotopic (exact) mass is 251 g/mol. The van der Waals surface area contributed by atoms with Crippen molar-refractivity contribution in [3.05, 3.63) is 29.3 Å². The lowest BCUT2D eigenvalue weighted by Crippen LogP contribution is -2.01. The van der Waals surface area contributed by atoms with E-state index < -0.39 is 0 Å². The zero-order valence-corrected chi connectivity index (χ0v) is 10.8. The second-order valence-electron chi connectivity index (χ2n) is 4.02. The van der Waals surface area contributed by atoms with Crippen LogP contribution in [-0.4, -0.2) is 29.5 Å². The standard InChI is InChI=1S/C13H17NO2S/c1-17-9-3-8-16-13-5-2-4-10-11(13)6-7-12(10)14-15/h2,4-5,15H,3,6-9H2,1H3/b14-12+. The van der Waals surface area contributed by atoms with Crippen LogP contribution >= 0.6 is 11.8 Å². The molecule has 92 valence electrons.